The van der Waals surface area contributed by atoms with Crippen molar-refractivity contribution in [2.24, 2.45) is 0 Å². The van der Waals surface area contributed by atoms with E-state index in [-0.39, 0.29) is 0 Å². The second kappa shape index (κ2) is 4.07. The van der Waals surface area contributed by atoms with Gasteiger partial charge in [-0.15, -0.1) is 0 Å². The fourth-order valence-electron chi connectivity index (χ4n) is 2.65. The van der Waals surface area contributed by atoms with E-state index in [2.05, 4.69) is 69.0 Å². The lowest BCUT2D eigenvalue weighted by atomic mass is 10.1. The number of hydrogen-bond donors (Lipinski definition) is 0. The zero-order valence-corrected chi connectivity index (χ0v) is 11.8. The first-order valence-corrected chi connectivity index (χ1v) is 7.04. The average Bonchev–Trinajstić information content (AvgIpc) is 2.84. The van der Waals surface area contributed by atoms with Crippen molar-refractivity contribution in [3.63, 3.8) is 0 Å². The number of aromatic nitrogens is 2. The topological polar surface area (TPSA) is 17.8 Å². The highest BCUT2D eigenvalue weighted by Gasteiger charge is 2.17. The summed E-state index contributed by atoms with van der Waals surface area (Å²) in [5.41, 5.74) is 4.66. The molecule has 2 heterocycles. The second-order valence-electron chi connectivity index (χ2n) is 4.64. The van der Waals surface area contributed by atoms with Gasteiger partial charge in [0.1, 0.15) is 5.82 Å². The van der Waals surface area contributed by atoms with Crippen molar-refractivity contribution in [3.8, 4) is 11.4 Å². The monoisotopic (exact) mass is 310 g/mol. The van der Waals surface area contributed by atoms with E-state index in [0.717, 1.165) is 27.9 Å². The van der Waals surface area contributed by atoms with Crippen LogP contribution >= 0.6 is 15.9 Å². The maximum Gasteiger partial charge on any atom is 0.141 e. The van der Waals surface area contributed by atoms with E-state index in [0.29, 0.717) is 0 Å². The highest BCUT2D eigenvalue weighted by molar-refractivity contribution is 9.10. The molecule has 2 aromatic carbocycles. The van der Waals surface area contributed by atoms with Crippen molar-refractivity contribution in [1.82, 2.24) is 9.55 Å². The van der Waals surface area contributed by atoms with Crippen LogP contribution in [-0.2, 0) is 6.54 Å². The van der Waals surface area contributed by atoms with Gasteiger partial charge in [0.15, 0.2) is 0 Å². The Hall–Kier alpha value is -1.87. The quantitative estimate of drug-likeness (QED) is 0.647. The molecule has 2 nitrogen and oxygen atoms in total. The first-order valence-electron chi connectivity index (χ1n) is 6.25. The summed E-state index contributed by atoms with van der Waals surface area (Å²) < 4.78 is 3.40. The SMILES string of the molecule is Brc1ccc2nc(-c3ccccc3)n3c2c1C=CC3. The maximum absolute atomic E-state index is 4.80. The first-order chi connectivity index (χ1) is 9.34. The smallest absolute Gasteiger partial charge is 0.141 e. The minimum atomic E-state index is 0.879. The predicted molar refractivity (Wildman–Crippen MR) is 81.9 cm³/mol. The Morgan fingerprint density at radius 3 is 2.74 bits per heavy atom. The van der Waals surface area contributed by atoms with E-state index in [4.69, 9.17) is 4.98 Å². The zero-order valence-electron chi connectivity index (χ0n) is 10.2. The van der Waals surface area contributed by atoms with Crippen LogP contribution < -0.4 is 0 Å². The van der Waals surface area contributed by atoms with Crippen LogP contribution in [0.5, 0.6) is 0 Å². The fourth-order valence-corrected chi connectivity index (χ4v) is 3.10. The van der Waals surface area contributed by atoms with Crippen LogP contribution in [0.1, 0.15) is 5.56 Å². The normalized spacial score (nSPS) is 13.1. The predicted octanol–water partition coefficient (Wildman–Crippen LogP) is 4.49. The van der Waals surface area contributed by atoms with Gasteiger partial charge >= 0.3 is 0 Å². The standard InChI is InChI=1S/C16H11BrN2/c17-13-8-9-14-15-12(13)7-4-10-19(15)16(18-14)11-5-2-1-3-6-11/h1-9H,10H2. The molecule has 0 radical (unpaired) electrons. The summed E-state index contributed by atoms with van der Waals surface area (Å²) in [7, 11) is 0. The van der Waals surface area contributed by atoms with Gasteiger partial charge in [-0.2, -0.15) is 0 Å². The number of nitrogens with zero attached hydrogens (tertiary/aromatic N) is 2. The minimum absolute atomic E-state index is 0.879. The Morgan fingerprint density at radius 1 is 1.05 bits per heavy atom. The molecule has 0 aliphatic carbocycles. The van der Waals surface area contributed by atoms with Gasteiger partial charge in [0, 0.05) is 22.1 Å². The van der Waals surface area contributed by atoms with Crippen molar-refractivity contribution < 1.29 is 0 Å². The van der Waals surface area contributed by atoms with Crippen molar-refractivity contribution in [2.75, 3.05) is 0 Å². The number of hydrogen-bond acceptors (Lipinski definition) is 1. The molecular formula is C16H11BrN2. The summed E-state index contributed by atoms with van der Waals surface area (Å²) in [5, 5.41) is 0. The van der Waals surface area contributed by atoms with E-state index in [1.54, 1.807) is 0 Å². The van der Waals surface area contributed by atoms with E-state index in [9.17, 15) is 0 Å². The average molecular weight is 311 g/mol. The van der Waals surface area contributed by atoms with Crippen LogP contribution in [0.3, 0.4) is 0 Å². The van der Waals surface area contributed by atoms with Crippen LogP contribution in [0, 0.1) is 0 Å². The molecule has 1 aromatic heterocycles. The number of benzene rings is 2. The van der Waals surface area contributed by atoms with E-state index >= 15 is 0 Å². The van der Waals surface area contributed by atoms with Gasteiger partial charge in [0.05, 0.1) is 11.0 Å². The largest absolute Gasteiger partial charge is 0.320 e. The number of imidazole rings is 1. The molecular weight excluding hydrogens is 300 g/mol. The van der Waals surface area contributed by atoms with Gasteiger partial charge < -0.3 is 4.57 Å². The second-order valence-corrected chi connectivity index (χ2v) is 5.50. The lowest BCUT2D eigenvalue weighted by Gasteiger charge is -2.13. The Balaban J connectivity index is 2.09. The van der Waals surface area contributed by atoms with Crippen LogP contribution in [0.15, 0.2) is 53.0 Å². The Morgan fingerprint density at radius 2 is 1.89 bits per heavy atom. The number of halogens is 1. The van der Waals surface area contributed by atoms with Gasteiger partial charge in [-0.25, -0.2) is 4.98 Å². The summed E-state index contributed by atoms with van der Waals surface area (Å²) in [6.07, 6.45) is 4.35. The van der Waals surface area contributed by atoms with Crippen LogP contribution in [0.4, 0.5) is 0 Å². The van der Waals surface area contributed by atoms with Crippen molar-refractivity contribution >= 4 is 33.0 Å². The molecule has 4 rings (SSSR count). The summed E-state index contributed by atoms with van der Waals surface area (Å²) in [6, 6.07) is 14.5. The van der Waals surface area contributed by atoms with Gasteiger partial charge in [-0.3, -0.25) is 0 Å². The molecule has 0 saturated carbocycles. The minimum Gasteiger partial charge on any atom is -0.320 e. The molecule has 0 fully saturated rings. The maximum atomic E-state index is 4.80. The first kappa shape index (κ1) is 11.0. The van der Waals surface area contributed by atoms with Gasteiger partial charge in [0.25, 0.3) is 0 Å². The molecule has 0 amide bonds. The van der Waals surface area contributed by atoms with E-state index in [1.165, 1.54) is 11.1 Å². The molecule has 3 aromatic rings. The molecule has 0 unspecified atom stereocenters. The highest BCUT2D eigenvalue weighted by atomic mass is 79.9. The summed E-state index contributed by atoms with van der Waals surface area (Å²) in [5.74, 6) is 1.04. The molecule has 19 heavy (non-hydrogen) atoms. The molecule has 0 spiro atoms. The van der Waals surface area contributed by atoms with Crippen molar-refractivity contribution in [1.29, 1.82) is 0 Å². The highest BCUT2D eigenvalue weighted by Crippen LogP contribution is 2.34. The van der Waals surface area contributed by atoms with Gasteiger partial charge in [0.2, 0.25) is 0 Å². The van der Waals surface area contributed by atoms with Gasteiger partial charge in [-0.1, -0.05) is 58.4 Å². The Labute approximate surface area is 119 Å². The molecule has 1 aliphatic rings. The molecule has 0 saturated heterocycles. The number of rotatable bonds is 1. The summed E-state index contributed by atoms with van der Waals surface area (Å²) >= 11 is 3.62. The fraction of sp³-hybridized carbons (Fsp3) is 0.0625. The Bertz CT molecular complexity index is 800. The molecule has 3 heteroatoms. The molecule has 0 N–H and O–H groups in total. The molecule has 92 valence electrons. The molecule has 1 aliphatic heterocycles. The summed E-state index contributed by atoms with van der Waals surface area (Å²) in [4.78, 5) is 4.80. The van der Waals surface area contributed by atoms with Gasteiger partial charge in [-0.05, 0) is 12.1 Å². The van der Waals surface area contributed by atoms with Crippen LogP contribution in [0.2, 0.25) is 0 Å². The van der Waals surface area contributed by atoms with Crippen molar-refractivity contribution in [3.05, 3.63) is 58.6 Å². The zero-order chi connectivity index (χ0) is 12.8. The lowest BCUT2D eigenvalue weighted by Crippen LogP contribution is -2.02. The molecule has 0 atom stereocenters. The summed E-state index contributed by atoms with van der Waals surface area (Å²) in [6.45, 7) is 0.879. The Kier molecular flexibility index (Phi) is 2.35. The third-order valence-electron chi connectivity index (χ3n) is 3.50. The lowest BCUT2D eigenvalue weighted by molar-refractivity contribution is 0.855. The van der Waals surface area contributed by atoms with Crippen LogP contribution in [0.25, 0.3) is 28.5 Å². The van der Waals surface area contributed by atoms with E-state index in [1.807, 2.05) is 6.07 Å². The van der Waals surface area contributed by atoms with Crippen LogP contribution in [-0.4, -0.2) is 9.55 Å². The van der Waals surface area contributed by atoms with Crippen molar-refractivity contribution in [2.45, 2.75) is 6.54 Å². The third kappa shape index (κ3) is 1.58. The molecule has 0 bridgehead atoms. The number of allylic oxidation sites excluding steroid dienone is 1. The van der Waals surface area contributed by atoms with E-state index < -0.39 is 0 Å². The third-order valence-corrected chi connectivity index (χ3v) is 4.19.